The molecular formula is C13H17BrFNO2. The van der Waals surface area contributed by atoms with Gasteiger partial charge in [0.25, 0.3) is 5.69 Å². The maximum absolute atomic E-state index is 13.2. The number of halogens is 2. The molecule has 100 valence electrons. The highest BCUT2D eigenvalue weighted by atomic mass is 79.9. The van der Waals surface area contributed by atoms with E-state index >= 15 is 0 Å². The average molecular weight is 318 g/mol. The van der Waals surface area contributed by atoms with Gasteiger partial charge in [0, 0.05) is 10.9 Å². The van der Waals surface area contributed by atoms with E-state index in [9.17, 15) is 14.5 Å². The standard InChI is InChI=1S/C13H17BrFNO2/c1-9(2)5-11(14)4-3-10-6-12(15)8-13(7-10)16(17)18/h6-9,11H,3-5H2,1-2H3. The summed E-state index contributed by atoms with van der Waals surface area (Å²) in [6.45, 7) is 4.28. The number of alkyl halides is 1. The fraction of sp³-hybridized carbons (Fsp3) is 0.538. The Labute approximate surface area is 115 Å². The minimum Gasteiger partial charge on any atom is -0.258 e. The van der Waals surface area contributed by atoms with E-state index in [1.807, 2.05) is 0 Å². The number of hydrogen-bond acceptors (Lipinski definition) is 2. The number of nitrogens with zero attached hydrogens (tertiary/aromatic N) is 1. The topological polar surface area (TPSA) is 43.1 Å². The van der Waals surface area contributed by atoms with Crippen molar-refractivity contribution in [1.82, 2.24) is 0 Å². The van der Waals surface area contributed by atoms with E-state index in [2.05, 4.69) is 29.8 Å². The van der Waals surface area contributed by atoms with Crippen LogP contribution in [-0.4, -0.2) is 9.75 Å². The molecule has 0 heterocycles. The normalized spacial score (nSPS) is 12.7. The first-order valence-corrected chi connectivity index (χ1v) is 6.88. The van der Waals surface area contributed by atoms with Crippen molar-refractivity contribution in [3.05, 3.63) is 39.7 Å². The van der Waals surface area contributed by atoms with Gasteiger partial charge in [-0.05, 0) is 36.8 Å². The lowest BCUT2D eigenvalue weighted by Crippen LogP contribution is -2.04. The molecule has 0 aliphatic rings. The Morgan fingerprint density at radius 1 is 1.39 bits per heavy atom. The van der Waals surface area contributed by atoms with E-state index in [-0.39, 0.29) is 5.69 Å². The average Bonchev–Trinajstić information content (AvgIpc) is 2.24. The van der Waals surface area contributed by atoms with E-state index in [1.165, 1.54) is 12.1 Å². The molecule has 0 aromatic heterocycles. The molecule has 1 atom stereocenters. The number of non-ortho nitro benzene ring substituents is 1. The molecule has 1 aromatic carbocycles. The van der Waals surface area contributed by atoms with E-state index in [4.69, 9.17) is 0 Å². The van der Waals surface area contributed by atoms with Crippen LogP contribution in [0.2, 0.25) is 0 Å². The van der Waals surface area contributed by atoms with Crippen LogP contribution in [0.4, 0.5) is 10.1 Å². The summed E-state index contributed by atoms with van der Waals surface area (Å²) >= 11 is 3.57. The van der Waals surface area contributed by atoms with E-state index in [0.29, 0.717) is 22.7 Å². The molecule has 0 aliphatic carbocycles. The fourth-order valence-electron chi connectivity index (χ4n) is 1.84. The highest BCUT2D eigenvalue weighted by molar-refractivity contribution is 9.09. The van der Waals surface area contributed by atoms with E-state index in [1.54, 1.807) is 0 Å². The van der Waals surface area contributed by atoms with Gasteiger partial charge in [-0.2, -0.15) is 0 Å². The van der Waals surface area contributed by atoms with Gasteiger partial charge in [-0.3, -0.25) is 10.1 Å². The zero-order valence-electron chi connectivity index (χ0n) is 10.5. The minimum absolute atomic E-state index is 0.181. The lowest BCUT2D eigenvalue weighted by molar-refractivity contribution is -0.385. The van der Waals surface area contributed by atoms with Crippen LogP contribution in [0.5, 0.6) is 0 Å². The molecule has 1 unspecified atom stereocenters. The van der Waals surface area contributed by atoms with Gasteiger partial charge in [0.05, 0.1) is 11.0 Å². The Morgan fingerprint density at radius 2 is 2.06 bits per heavy atom. The number of hydrogen-bond donors (Lipinski definition) is 0. The van der Waals surface area contributed by atoms with Gasteiger partial charge in [0.1, 0.15) is 5.82 Å². The third-order valence-corrected chi connectivity index (χ3v) is 3.46. The predicted molar refractivity (Wildman–Crippen MR) is 73.5 cm³/mol. The number of rotatable bonds is 6. The lowest BCUT2D eigenvalue weighted by atomic mass is 10.0. The number of nitro groups is 1. The molecule has 0 bridgehead atoms. The van der Waals surface area contributed by atoms with Crippen molar-refractivity contribution in [3.63, 3.8) is 0 Å². The maximum Gasteiger partial charge on any atom is 0.272 e. The van der Waals surface area contributed by atoms with E-state index in [0.717, 1.165) is 18.9 Å². The molecule has 0 N–H and O–H groups in total. The SMILES string of the molecule is CC(C)CC(Br)CCc1cc(F)cc([N+](=O)[O-])c1. The Kier molecular flexibility index (Phi) is 5.72. The Balaban J connectivity index is 2.64. The molecule has 18 heavy (non-hydrogen) atoms. The van der Waals surface area contributed by atoms with Crippen LogP contribution < -0.4 is 0 Å². The summed E-state index contributed by atoms with van der Waals surface area (Å²) in [5.74, 6) is 0.0467. The zero-order chi connectivity index (χ0) is 13.7. The minimum atomic E-state index is -0.563. The van der Waals surface area contributed by atoms with Crippen molar-refractivity contribution in [2.45, 2.75) is 37.9 Å². The molecular weight excluding hydrogens is 301 g/mol. The molecule has 1 rings (SSSR count). The van der Waals surface area contributed by atoms with Crippen molar-refractivity contribution in [2.24, 2.45) is 5.92 Å². The molecule has 0 saturated heterocycles. The third-order valence-electron chi connectivity index (χ3n) is 2.63. The molecule has 5 heteroatoms. The van der Waals surface area contributed by atoms with Gasteiger partial charge in [0.15, 0.2) is 0 Å². The predicted octanol–water partition coefficient (Wildman–Crippen LogP) is 4.48. The van der Waals surface area contributed by atoms with Gasteiger partial charge < -0.3 is 0 Å². The quantitative estimate of drug-likeness (QED) is 0.441. The number of nitro benzene ring substituents is 1. The largest absolute Gasteiger partial charge is 0.272 e. The van der Waals surface area contributed by atoms with Crippen LogP contribution >= 0.6 is 15.9 Å². The molecule has 1 aromatic rings. The Hall–Kier alpha value is -0.970. The highest BCUT2D eigenvalue weighted by Gasteiger charge is 2.12. The van der Waals surface area contributed by atoms with Crippen LogP contribution in [0, 0.1) is 21.8 Å². The van der Waals surface area contributed by atoms with Crippen molar-refractivity contribution >= 4 is 21.6 Å². The van der Waals surface area contributed by atoms with Gasteiger partial charge in [-0.1, -0.05) is 29.8 Å². The molecule has 3 nitrogen and oxygen atoms in total. The second-order valence-corrected chi connectivity index (χ2v) is 6.14. The summed E-state index contributed by atoms with van der Waals surface area (Å²) in [6.07, 6.45) is 2.53. The van der Waals surface area contributed by atoms with Gasteiger partial charge >= 0.3 is 0 Å². The number of benzene rings is 1. The number of aryl methyl sites for hydroxylation is 1. The second-order valence-electron chi connectivity index (χ2n) is 4.84. The van der Waals surface area contributed by atoms with Crippen LogP contribution in [-0.2, 0) is 6.42 Å². The summed E-state index contributed by atoms with van der Waals surface area (Å²) in [4.78, 5) is 10.4. The van der Waals surface area contributed by atoms with Crippen molar-refractivity contribution < 1.29 is 9.31 Å². The summed E-state index contributed by atoms with van der Waals surface area (Å²) in [6, 6.07) is 3.75. The first-order chi connectivity index (χ1) is 8.38. The van der Waals surface area contributed by atoms with Gasteiger partial charge in [0.2, 0.25) is 0 Å². The molecule has 0 radical (unpaired) electrons. The summed E-state index contributed by atoms with van der Waals surface area (Å²) in [5, 5.41) is 10.6. The van der Waals surface area contributed by atoms with Crippen LogP contribution in [0.1, 0.15) is 32.3 Å². The van der Waals surface area contributed by atoms with Crippen molar-refractivity contribution in [3.8, 4) is 0 Å². The van der Waals surface area contributed by atoms with Gasteiger partial charge in [-0.25, -0.2) is 4.39 Å². The fourth-order valence-corrected chi connectivity index (χ4v) is 2.81. The van der Waals surface area contributed by atoms with Crippen molar-refractivity contribution in [2.75, 3.05) is 0 Å². The lowest BCUT2D eigenvalue weighted by Gasteiger charge is -2.12. The molecule has 0 fully saturated rings. The van der Waals surface area contributed by atoms with E-state index < -0.39 is 10.7 Å². The maximum atomic E-state index is 13.2. The summed E-state index contributed by atoms with van der Waals surface area (Å²) in [5.41, 5.74) is 0.495. The van der Waals surface area contributed by atoms with Crippen LogP contribution in [0.25, 0.3) is 0 Å². The third kappa shape index (κ3) is 5.12. The molecule has 0 spiro atoms. The van der Waals surface area contributed by atoms with Crippen LogP contribution in [0.15, 0.2) is 18.2 Å². The zero-order valence-corrected chi connectivity index (χ0v) is 12.1. The van der Waals surface area contributed by atoms with Crippen LogP contribution in [0.3, 0.4) is 0 Å². The monoisotopic (exact) mass is 317 g/mol. The first-order valence-electron chi connectivity index (χ1n) is 5.96. The second kappa shape index (κ2) is 6.83. The molecule has 0 amide bonds. The van der Waals surface area contributed by atoms with Gasteiger partial charge in [-0.15, -0.1) is 0 Å². The summed E-state index contributed by atoms with van der Waals surface area (Å²) < 4.78 is 13.2. The first kappa shape index (κ1) is 15.1. The Morgan fingerprint density at radius 3 is 2.61 bits per heavy atom. The molecule has 0 aliphatic heterocycles. The molecule has 0 saturated carbocycles. The van der Waals surface area contributed by atoms with Crippen molar-refractivity contribution in [1.29, 1.82) is 0 Å². The Bertz CT molecular complexity index is 423. The summed E-state index contributed by atoms with van der Waals surface area (Å²) in [7, 11) is 0. The smallest absolute Gasteiger partial charge is 0.258 e. The highest BCUT2D eigenvalue weighted by Crippen LogP contribution is 2.21.